The van der Waals surface area contributed by atoms with Crippen LogP contribution < -0.4 is 0 Å². The largest absolute Gasteiger partial charge is 0.452 e. The minimum atomic E-state index is -4.92. The SMILES string of the molecule is CCOC(c1c[nH]c2cc(Br)ccc12)(c1cn(C(=O)OC)c2cc(Br)ccc12)S(=O)(=O)O. The highest BCUT2D eigenvalue weighted by atomic mass is 79.9. The van der Waals surface area contributed by atoms with Gasteiger partial charge in [0.2, 0.25) is 4.93 Å². The van der Waals surface area contributed by atoms with E-state index in [1.807, 2.05) is 0 Å². The lowest BCUT2D eigenvalue weighted by Gasteiger charge is -2.30. The van der Waals surface area contributed by atoms with Crippen LogP contribution in [0.25, 0.3) is 21.8 Å². The van der Waals surface area contributed by atoms with Crippen molar-refractivity contribution < 1.29 is 27.2 Å². The first-order valence-corrected chi connectivity index (χ1v) is 12.4. The van der Waals surface area contributed by atoms with Crippen LogP contribution in [0.4, 0.5) is 4.79 Å². The molecule has 4 rings (SSSR count). The monoisotopic (exact) mass is 584 g/mol. The van der Waals surface area contributed by atoms with Crippen LogP contribution in [0.1, 0.15) is 18.1 Å². The number of carbonyl (C=O) groups is 1. The number of fused-ring (bicyclic) bond motifs is 2. The summed E-state index contributed by atoms with van der Waals surface area (Å²) < 4.78 is 50.2. The Bertz CT molecular complexity index is 1460. The number of carbonyl (C=O) groups excluding carboxylic acids is 1. The summed E-state index contributed by atoms with van der Waals surface area (Å²) in [5, 5.41) is 0.937. The molecule has 0 aliphatic heterocycles. The third-order valence-electron chi connectivity index (χ3n) is 5.20. The Labute approximate surface area is 200 Å². The number of aromatic amines is 1. The fourth-order valence-electron chi connectivity index (χ4n) is 3.94. The second kappa shape index (κ2) is 8.31. The van der Waals surface area contributed by atoms with Gasteiger partial charge in [-0.15, -0.1) is 0 Å². The minimum Gasteiger partial charge on any atom is -0.452 e. The van der Waals surface area contributed by atoms with Gasteiger partial charge in [-0.3, -0.25) is 9.12 Å². The number of H-pyrrole nitrogens is 1. The van der Waals surface area contributed by atoms with Crippen molar-refractivity contribution >= 4 is 69.9 Å². The van der Waals surface area contributed by atoms with E-state index in [0.717, 1.165) is 4.47 Å². The maximum absolute atomic E-state index is 13.1. The molecule has 0 saturated carbocycles. The molecule has 0 fully saturated rings. The summed E-state index contributed by atoms with van der Waals surface area (Å²) in [4.78, 5) is 13.2. The van der Waals surface area contributed by atoms with E-state index in [-0.39, 0.29) is 17.7 Å². The molecule has 2 aromatic heterocycles. The summed E-state index contributed by atoms with van der Waals surface area (Å²) >= 11 is 6.77. The molecule has 0 bridgehead atoms. The summed E-state index contributed by atoms with van der Waals surface area (Å²) in [6.45, 7) is 1.59. The molecule has 0 aliphatic carbocycles. The average molecular weight is 586 g/mol. The number of nitrogens with zero attached hydrogens (tertiary/aromatic N) is 1. The van der Waals surface area contributed by atoms with Crippen LogP contribution >= 0.6 is 31.9 Å². The Morgan fingerprint density at radius 3 is 2.41 bits per heavy atom. The highest BCUT2D eigenvalue weighted by molar-refractivity contribution is 9.10. The summed E-state index contributed by atoms with van der Waals surface area (Å²) in [5.41, 5.74) is 1.30. The number of ether oxygens (including phenoxy) is 2. The van der Waals surface area contributed by atoms with Crippen LogP contribution in [0, 0.1) is 0 Å². The Balaban J connectivity index is 2.18. The molecule has 0 amide bonds. The van der Waals surface area contributed by atoms with Crippen molar-refractivity contribution in [2.75, 3.05) is 13.7 Å². The average Bonchev–Trinajstić information content (AvgIpc) is 3.32. The number of nitrogens with one attached hydrogen (secondary N) is 1. The fourth-order valence-corrected chi connectivity index (χ4v) is 5.80. The predicted molar refractivity (Wildman–Crippen MR) is 127 cm³/mol. The third-order valence-corrected chi connectivity index (χ3v) is 7.47. The molecular formula is C21H18Br2N2O6S. The van der Waals surface area contributed by atoms with Gasteiger partial charge in [-0.2, -0.15) is 8.42 Å². The van der Waals surface area contributed by atoms with Crippen molar-refractivity contribution in [1.29, 1.82) is 0 Å². The molecular weight excluding hydrogens is 568 g/mol. The Morgan fingerprint density at radius 2 is 1.78 bits per heavy atom. The van der Waals surface area contributed by atoms with Crippen LogP contribution in [0.2, 0.25) is 0 Å². The molecule has 0 spiro atoms. The van der Waals surface area contributed by atoms with Gasteiger partial charge in [-0.1, -0.05) is 44.0 Å². The van der Waals surface area contributed by atoms with Crippen LogP contribution in [0.5, 0.6) is 0 Å². The van der Waals surface area contributed by atoms with Gasteiger partial charge in [0.15, 0.2) is 0 Å². The normalized spacial score (nSPS) is 14.0. The minimum absolute atomic E-state index is 0.0373. The summed E-state index contributed by atoms with van der Waals surface area (Å²) in [6, 6.07) is 10.3. The number of hydrogen-bond donors (Lipinski definition) is 2. The highest BCUT2D eigenvalue weighted by Gasteiger charge is 2.51. The van der Waals surface area contributed by atoms with Crippen molar-refractivity contribution in [3.63, 3.8) is 0 Å². The molecule has 2 aromatic carbocycles. The summed E-state index contributed by atoms with van der Waals surface area (Å²) in [7, 11) is -3.69. The van der Waals surface area contributed by atoms with Gasteiger partial charge in [-0.25, -0.2) is 4.79 Å². The molecule has 2 N–H and O–H groups in total. The standard InChI is InChI=1S/C21H18Br2N2O6S/c1-3-31-21(32(27,28)29,16-10-24-18-8-12(22)4-6-14(16)18)17-11-25(20(26)30-2)19-9-13(23)5-7-15(17)19/h4-11,24H,3H2,1-2H3,(H,27,28,29). The predicted octanol–water partition coefficient (Wildman–Crippen LogP) is 5.39. The number of rotatable bonds is 5. The Morgan fingerprint density at radius 1 is 1.12 bits per heavy atom. The van der Waals surface area contributed by atoms with Gasteiger partial charge in [-0.05, 0) is 31.2 Å². The lowest BCUT2D eigenvalue weighted by molar-refractivity contribution is 0.0488. The van der Waals surface area contributed by atoms with Gasteiger partial charge >= 0.3 is 16.2 Å². The molecule has 0 saturated heterocycles. The molecule has 8 nitrogen and oxygen atoms in total. The highest BCUT2D eigenvalue weighted by Crippen LogP contribution is 2.46. The summed E-state index contributed by atoms with van der Waals surface area (Å²) in [6.07, 6.45) is 2.09. The zero-order valence-electron chi connectivity index (χ0n) is 16.9. The van der Waals surface area contributed by atoms with Crippen LogP contribution in [-0.2, 0) is 24.5 Å². The van der Waals surface area contributed by atoms with Gasteiger partial charge in [0, 0.05) is 55.4 Å². The fraction of sp³-hybridized carbons (Fsp3) is 0.190. The number of benzene rings is 2. The zero-order valence-corrected chi connectivity index (χ0v) is 20.9. The van der Waals surface area contributed by atoms with Crippen LogP contribution in [0.3, 0.4) is 0 Å². The smallest absolute Gasteiger partial charge is 0.418 e. The molecule has 1 unspecified atom stereocenters. The molecule has 0 aliphatic rings. The van der Waals surface area contributed by atoms with Crippen molar-refractivity contribution in [2.45, 2.75) is 11.9 Å². The first kappa shape index (κ1) is 23.0. The van der Waals surface area contributed by atoms with E-state index in [9.17, 15) is 17.8 Å². The Hall–Kier alpha value is -2.18. The number of aromatic nitrogens is 2. The molecule has 11 heteroatoms. The van der Waals surface area contributed by atoms with Crippen molar-refractivity contribution in [1.82, 2.24) is 9.55 Å². The van der Waals surface area contributed by atoms with E-state index in [1.54, 1.807) is 43.3 Å². The second-order valence-electron chi connectivity index (χ2n) is 6.96. The van der Waals surface area contributed by atoms with Gasteiger partial charge in [0.05, 0.1) is 12.6 Å². The Kier molecular flexibility index (Phi) is 5.97. The molecule has 4 aromatic rings. The number of halogens is 2. The first-order chi connectivity index (χ1) is 15.1. The molecule has 2 heterocycles. The topological polar surface area (TPSA) is 111 Å². The second-order valence-corrected chi connectivity index (χ2v) is 10.3. The van der Waals surface area contributed by atoms with Crippen LogP contribution in [-0.4, -0.2) is 42.3 Å². The van der Waals surface area contributed by atoms with E-state index in [2.05, 4.69) is 36.8 Å². The maximum Gasteiger partial charge on any atom is 0.418 e. The number of methoxy groups -OCH3 is 1. The number of hydrogen-bond acceptors (Lipinski definition) is 5. The van der Waals surface area contributed by atoms with E-state index < -0.39 is 21.1 Å². The molecule has 0 radical (unpaired) electrons. The van der Waals surface area contributed by atoms with Gasteiger partial charge < -0.3 is 14.5 Å². The van der Waals surface area contributed by atoms with E-state index >= 15 is 0 Å². The lowest BCUT2D eigenvalue weighted by Crippen LogP contribution is -2.39. The van der Waals surface area contributed by atoms with Crippen molar-refractivity contribution in [3.8, 4) is 0 Å². The molecule has 168 valence electrons. The van der Waals surface area contributed by atoms with E-state index in [1.165, 1.54) is 24.1 Å². The van der Waals surface area contributed by atoms with Crippen molar-refractivity contribution in [3.05, 3.63) is 68.9 Å². The quantitative estimate of drug-likeness (QED) is 0.304. The van der Waals surface area contributed by atoms with E-state index in [0.29, 0.717) is 26.3 Å². The maximum atomic E-state index is 13.1. The van der Waals surface area contributed by atoms with E-state index in [4.69, 9.17) is 9.47 Å². The third kappa shape index (κ3) is 3.48. The van der Waals surface area contributed by atoms with Gasteiger partial charge in [0.1, 0.15) is 0 Å². The van der Waals surface area contributed by atoms with Gasteiger partial charge in [0.25, 0.3) is 0 Å². The zero-order chi connectivity index (χ0) is 23.3. The molecule has 32 heavy (non-hydrogen) atoms. The lowest BCUT2D eigenvalue weighted by atomic mass is 9.99. The van der Waals surface area contributed by atoms with Crippen molar-refractivity contribution in [2.24, 2.45) is 0 Å². The summed E-state index contributed by atoms with van der Waals surface area (Å²) in [5.74, 6) is 0. The van der Waals surface area contributed by atoms with Crippen LogP contribution in [0.15, 0.2) is 57.7 Å². The first-order valence-electron chi connectivity index (χ1n) is 9.41. The molecule has 1 atom stereocenters.